The van der Waals surface area contributed by atoms with E-state index in [1.807, 2.05) is 37.3 Å². The number of carbonyl (C=O) groups excluding carboxylic acids is 1. The first kappa shape index (κ1) is 15.7. The molecule has 1 amide bonds. The molecule has 2 rings (SSSR count). The van der Waals surface area contributed by atoms with Crippen molar-refractivity contribution >= 4 is 12.1 Å². The van der Waals surface area contributed by atoms with Gasteiger partial charge < -0.3 is 4.74 Å². The minimum Gasteiger partial charge on any atom is -0.481 e. The summed E-state index contributed by atoms with van der Waals surface area (Å²) in [6.45, 7) is 1.68. The third kappa shape index (κ3) is 4.70. The first-order chi connectivity index (χ1) is 10.7. The van der Waals surface area contributed by atoms with Gasteiger partial charge >= 0.3 is 0 Å². The van der Waals surface area contributed by atoms with Crippen LogP contribution < -0.4 is 10.2 Å². The van der Waals surface area contributed by atoms with Crippen molar-refractivity contribution in [3.8, 4) is 5.75 Å². The molecule has 1 atom stereocenters. The second kappa shape index (κ2) is 7.93. The molecule has 0 saturated carbocycles. The van der Waals surface area contributed by atoms with Crippen LogP contribution in [0.15, 0.2) is 59.7 Å². The summed E-state index contributed by atoms with van der Waals surface area (Å²) in [7, 11) is 0. The second-order valence-electron chi connectivity index (χ2n) is 4.73. The lowest BCUT2D eigenvalue weighted by molar-refractivity contribution is -0.123. The summed E-state index contributed by atoms with van der Waals surface area (Å²) < 4.78 is 18.4. The number of hydrogen-bond acceptors (Lipinski definition) is 3. The van der Waals surface area contributed by atoms with Gasteiger partial charge in [-0.3, -0.25) is 4.79 Å². The Morgan fingerprint density at radius 3 is 2.64 bits per heavy atom. The highest BCUT2D eigenvalue weighted by Crippen LogP contribution is 2.15. The van der Waals surface area contributed by atoms with E-state index in [0.29, 0.717) is 0 Å². The van der Waals surface area contributed by atoms with Crippen LogP contribution in [0.4, 0.5) is 4.39 Å². The van der Waals surface area contributed by atoms with Crippen LogP contribution >= 0.6 is 0 Å². The van der Waals surface area contributed by atoms with Crippen LogP contribution in [0.25, 0.3) is 0 Å². The van der Waals surface area contributed by atoms with Crippen LogP contribution in [-0.4, -0.2) is 18.7 Å². The van der Waals surface area contributed by atoms with Crippen molar-refractivity contribution in [1.29, 1.82) is 0 Å². The zero-order chi connectivity index (χ0) is 15.8. The van der Waals surface area contributed by atoms with Gasteiger partial charge in [0, 0.05) is 12.1 Å². The number of para-hydroxylation sites is 1. The van der Waals surface area contributed by atoms with Crippen molar-refractivity contribution < 1.29 is 13.9 Å². The summed E-state index contributed by atoms with van der Waals surface area (Å²) in [5, 5.41) is 3.88. The molecule has 4 nitrogen and oxygen atoms in total. The van der Waals surface area contributed by atoms with Crippen molar-refractivity contribution in [1.82, 2.24) is 5.43 Å². The van der Waals surface area contributed by atoms with Gasteiger partial charge in [-0.05, 0) is 17.7 Å². The molecule has 0 heterocycles. The fraction of sp³-hybridized carbons (Fsp3) is 0.176. The molecule has 1 unspecified atom stereocenters. The first-order valence-electron chi connectivity index (χ1n) is 6.91. The molecule has 0 aliphatic heterocycles. The highest BCUT2D eigenvalue weighted by molar-refractivity contribution is 5.78. The quantitative estimate of drug-likeness (QED) is 0.658. The standard InChI is InChI=1S/C17H17FN2O2/c1-13(14-7-3-2-4-8-14)11-19-20-17(21)12-22-16-10-6-5-9-15(16)18/h2-11,13H,12H2,1H3,(H,20,21)/b19-11+. The van der Waals surface area contributed by atoms with E-state index in [1.54, 1.807) is 18.3 Å². The SMILES string of the molecule is CC(/C=N/NC(=O)COc1ccccc1F)c1ccccc1. The summed E-state index contributed by atoms with van der Waals surface area (Å²) in [4.78, 5) is 11.6. The normalized spacial score (nSPS) is 12.1. The average molecular weight is 300 g/mol. The summed E-state index contributed by atoms with van der Waals surface area (Å²) in [5.74, 6) is -0.829. The molecular weight excluding hydrogens is 283 g/mol. The van der Waals surface area contributed by atoms with Gasteiger partial charge in [-0.1, -0.05) is 49.4 Å². The number of ether oxygens (including phenoxy) is 1. The van der Waals surface area contributed by atoms with Crippen LogP contribution in [0.3, 0.4) is 0 Å². The minimum atomic E-state index is -0.503. The Morgan fingerprint density at radius 2 is 1.91 bits per heavy atom. The molecule has 2 aromatic carbocycles. The van der Waals surface area contributed by atoms with Crippen molar-refractivity contribution in [3.05, 3.63) is 66.0 Å². The van der Waals surface area contributed by atoms with Gasteiger partial charge in [0.2, 0.25) is 0 Å². The number of nitrogens with zero attached hydrogens (tertiary/aromatic N) is 1. The fourth-order valence-corrected chi connectivity index (χ4v) is 1.80. The number of hydrogen-bond donors (Lipinski definition) is 1. The van der Waals surface area contributed by atoms with Crippen LogP contribution in [0.5, 0.6) is 5.75 Å². The number of rotatable bonds is 6. The Morgan fingerprint density at radius 1 is 1.23 bits per heavy atom. The topological polar surface area (TPSA) is 50.7 Å². The van der Waals surface area contributed by atoms with Gasteiger partial charge in [0.25, 0.3) is 5.91 Å². The lowest BCUT2D eigenvalue weighted by Crippen LogP contribution is -2.25. The van der Waals surface area contributed by atoms with E-state index >= 15 is 0 Å². The maximum absolute atomic E-state index is 13.3. The van der Waals surface area contributed by atoms with E-state index in [-0.39, 0.29) is 18.3 Å². The van der Waals surface area contributed by atoms with Crippen LogP contribution in [0.2, 0.25) is 0 Å². The van der Waals surface area contributed by atoms with E-state index in [1.165, 1.54) is 12.1 Å². The predicted molar refractivity (Wildman–Crippen MR) is 83.4 cm³/mol. The molecule has 2 aromatic rings. The molecule has 0 aliphatic carbocycles. The molecule has 1 N–H and O–H groups in total. The number of carbonyl (C=O) groups is 1. The van der Waals surface area contributed by atoms with Crippen LogP contribution in [-0.2, 0) is 4.79 Å². The van der Waals surface area contributed by atoms with Gasteiger partial charge in [-0.2, -0.15) is 5.10 Å². The predicted octanol–water partition coefficient (Wildman–Crippen LogP) is 3.11. The van der Waals surface area contributed by atoms with E-state index in [4.69, 9.17) is 4.74 Å². The Bertz CT molecular complexity index is 644. The number of halogens is 1. The van der Waals surface area contributed by atoms with Gasteiger partial charge in [-0.25, -0.2) is 9.82 Å². The van der Waals surface area contributed by atoms with Gasteiger partial charge in [0.1, 0.15) is 0 Å². The Kier molecular flexibility index (Phi) is 5.65. The smallest absolute Gasteiger partial charge is 0.277 e. The van der Waals surface area contributed by atoms with Crippen LogP contribution in [0, 0.1) is 5.82 Å². The highest BCUT2D eigenvalue weighted by Gasteiger charge is 2.05. The van der Waals surface area contributed by atoms with Crippen molar-refractivity contribution in [2.45, 2.75) is 12.8 Å². The Labute approximate surface area is 128 Å². The highest BCUT2D eigenvalue weighted by atomic mass is 19.1. The van der Waals surface area contributed by atoms with Crippen molar-refractivity contribution in [2.75, 3.05) is 6.61 Å². The Balaban J connectivity index is 1.78. The monoisotopic (exact) mass is 300 g/mol. The maximum atomic E-state index is 13.3. The molecule has 0 aliphatic rings. The minimum absolute atomic E-state index is 0.0410. The third-order valence-electron chi connectivity index (χ3n) is 3.01. The summed E-state index contributed by atoms with van der Waals surface area (Å²) >= 11 is 0. The summed E-state index contributed by atoms with van der Waals surface area (Å²) in [6.07, 6.45) is 1.64. The van der Waals surface area contributed by atoms with E-state index in [9.17, 15) is 9.18 Å². The molecule has 114 valence electrons. The zero-order valence-electron chi connectivity index (χ0n) is 12.2. The first-order valence-corrected chi connectivity index (χ1v) is 6.91. The molecule has 0 bridgehead atoms. The number of amides is 1. The van der Waals surface area contributed by atoms with Gasteiger partial charge in [0.05, 0.1) is 0 Å². The second-order valence-corrected chi connectivity index (χ2v) is 4.73. The number of nitrogens with one attached hydrogen (secondary N) is 1. The molecule has 0 radical (unpaired) electrons. The largest absolute Gasteiger partial charge is 0.481 e. The zero-order valence-corrected chi connectivity index (χ0v) is 12.2. The van der Waals surface area contributed by atoms with E-state index < -0.39 is 11.7 Å². The molecular formula is C17H17FN2O2. The average Bonchev–Trinajstić information content (AvgIpc) is 2.55. The molecule has 0 saturated heterocycles. The van der Waals surface area contributed by atoms with Gasteiger partial charge in [0.15, 0.2) is 18.2 Å². The van der Waals surface area contributed by atoms with E-state index in [0.717, 1.165) is 5.56 Å². The number of hydrazone groups is 1. The maximum Gasteiger partial charge on any atom is 0.277 e. The van der Waals surface area contributed by atoms with Gasteiger partial charge in [-0.15, -0.1) is 0 Å². The van der Waals surface area contributed by atoms with Crippen molar-refractivity contribution in [2.24, 2.45) is 5.10 Å². The fourth-order valence-electron chi connectivity index (χ4n) is 1.80. The van der Waals surface area contributed by atoms with Crippen LogP contribution in [0.1, 0.15) is 18.4 Å². The lowest BCUT2D eigenvalue weighted by atomic mass is 10.0. The van der Waals surface area contributed by atoms with Crippen molar-refractivity contribution in [3.63, 3.8) is 0 Å². The number of benzene rings is 2. The summed E-state index contributed by atoms with van der Waals surface area (Å²) in [6, 6.07) is 15.7. The lowest BCUT2D eigenvalue weighted by Gasteiger charge is -2.07. The molecule has 0 spiro atoms. The molecule has 5 heteroatoms. The molecule has 22 heavy (non-hydrogen) atoms. The summed E-state index contributed by atoms with van der Waals surface area (Å²) in [5.41, 5.74) is 3.46. The third-order valence-corrected chi connectivity index (χ3v) is 3.01. The Hall–Kier alpha value is -2.69. The van der Waals surface area contributed by atoms with E-state index in [2.05, 4.69) is 10.5 Å². The molecule has 0 aromatic heterocycles. The molecule has 0 fully saturated rings.